The molecule has 0 aliphatic heterocycles. The van der Waals surface area contributed by atoms with Crippen molar-refractivity contribution in [3.63, 3.8) is 0 Å². The van der Waals surface area contributed by atoms with E-state index in [-0.39, 0.29) is 23.4 Å². The van der Waals surface area contributed by atoms with Crippen LogP contribution in [-0.4, -0.2) is 28.0 Å². The molecule has 7 heteroatoms. The second-order valence-corrected chi connectivity index (χ2v) is 4.44. The molecule has 1 heterocycles. The number of hydrogen-bond donors (Lipinski definition) is 2. The molecule has 2 N–H and O–H groups in total. The van der Waals surface area contributed by atoms with Gasteiger partial charge in [-0.2, -0.15) is 0 Å². The minimum absolute atomic E-state index is 0.109. The Kier molecular flexibility index (Phi) is 5.47. The van der Waals surface area contributed by atoms with Crippen molar-refractivity contribution in [2.24, 2.45) is 5.92 Å². The van der Waals surface area contributed by atoms with E-state index in [0.29, 0.717) is 5.92 Å². The number of rotatable bonds is 7. The normalized spacial score (nSPS) is 12.3. The number of aromatic nitrogens is 2. The molecule has 1 atom stereocenters. The number of anilines is 2. The Morgan fingerprint density at radius 2 is 1.89 bits per heavy atom. The lowest BCUT2D eigenvalue weighted by Gasteiger charge is -2.22. The molecule has 7 nitrogen and oxygen atoms in total. The van der Waals surface area contributed by atoms with E-state index < -0.39 is 4.92 Å². The summed E-state index contributed by atoms with van der Waals surface area (Å²) in [4.78, 5) is 18.5. The molecule has 0 spiro atoms. The van der Waals surface area contributed by atoms with E-state index in [1.165, 1.54) is 6.33 Å². The molecule has 0 saturated carbocycles. The number of hydrogen-bond acceptors (Lipinski definition) is 6. The van der Waals surface area contributed by atoms with Crippen LogP contribution in [0.25, 0.3) is 0 Å². The SMILES string of the molecule is CCC(CC)C(C)Nc1ncnc(NC)c1[N+](=O)[O-]. The van der Waals surface area contributed by atoms with Gasteiger partial charge in [0.15, 0.2) is 0 Å². The Morgan fingerprint density at radius 3 is 2.37 bits per heavy atom. The quantitative estimate of drug-likeness (QED) is 0.582. The average molecular weight is 267 g/mol. The highest BCUT2D eigenvalue weighted by atomic mass is 16.6. The maximum absolute atomic E-state index is 11.1. The molecule has 106 valence electrons. The summed E-state index contributed by atoms with van der Waals surface area (Å²) in [5.41, 5.74) is -0.109. The lowest BCUT2D eigenvalue weighted by molar-refractivity contribution is -0.383. The lowest BCUT2D eigenvalue weighted by Crippen LogP contribution is -2.26. The average Bonchev–Trinajstić information content (AvgIpc) is 2.39. The van der Waals surface area contributed by atoms with E-state index >= 15 is 0 Å². The first-order chi connectivity index (χ1) is 9.04. The van der Waals surface area contributed by atoms with Crippen LogP contribution in [0.2, 0.25) is 0 Å². The predicted molar refractivity (Wildman–Crippen MR) is 75.4 cm³/mol. The third-order valence-corrected chi connectivity index (χ3v) is 3.36. The molecule has 1 rings (SSSR count). The second-order valence-electron chi connectivity index (χ2n) is 4.44. The molecule has 1 unspecified atom stereocenters. The zero-order valence-electron chi connectivity index (χ0n) is 11.8. The Morgan fingerprint density at radius 1 is 1.32 bits per heavy atom. The van der Waals surface area contributed by atoms with Crippen molar-refractivity contribution in [2.45, 2.75) is 39.7 Å². The van der Waals surface area contributed by atoms with Gasteiger partial charge in [0.2, 0.25) is 11.6 Å². The predicted octanol–water partition coefficient (Wildman–Crippen LogP) is 2.66. The van der Waals surface area contributed by atoms with Gasteiger partial charge in [0.1, 0.15) is 6.33 Å². The summed E-state index contributed by atoms with van der Waals surface area (Å²) in [5, 5.41) is 17.0. The molecule has 0 aromatic carbocycles. The number of nitro groups is 1. The molecule has 0 aliphatic carbocycles. The highest BCUT2D eigenvalue weighted by Gasteiger charge is 2.24. The van der Waals surface area contributed by atoms with E-state index in [2.05, 4.69) is 34.4 Å². The fraction of sp³-hybridized carbons (Fsp3) is 0.667. The topological polar surface area (TPSA) is 93.0 Å². The molecular formula is C12H21N5O2. The minimum Gasteiger partial charge on any atom is -0.367 e. The molecule has 19 heavy (non-hydrogen) atoms. The van der Waals surface area contributed by atoms with Crippen molar-refractivity contribution < 1.29 is 4.92 Å². The van der Waals surface area contributed by atoms with E-state index in [4.69, 9.17) is 0 Å². The second kappa shape index (κ2) is 6.86. The number of nitrogens with zero attached hydrogens (tertiary/aromatic N) is 3. The fourth-order valence-electron chi connectivity index (χ4n) is 2.17. The van der Waals surface area contributed by atoms with Crippen molar-refractivity contribution >= 4 is 17.3 Å². The van der Waals surface area contributed by atoms with Crippen LogP contribution in [0.5, 0.6) is 0 Å². The van der Waals surface area contributed by atoms with Gasteiger partial charge in [-0.3, -0.25) is 10.1 Å². The van der Waals surface area contributed by atoms with Gasteiger partial charge >= 0.3 is 5.69 Å². The minimum atomic E-state index is -0.464. The van der Waals surface area contributed by atoms with E-state index in [1.807, 2.05) is 6.92 Å². The Balaban J connectivity index is 3.03. The zero-order valence-corrected chi connectivity index (χ0v) is 11.8. The van der Waals surface area contributed by atoms with Crippen molar-refractivity contribution in [3.05, 3.63) is 16.4 Å². The van der Waals surface area contributed by atoms with Crippen LogP contribution in [0.1, 0.15) is 33.6 Å². The van der Waals surface area contributed by atoms with Gasteiger partial charge in [0, 0.05) is 13.1 Å². The first-order valence-corrected chi connectivity index (χ1v) is 6.48. The zero-order chi connectivity index (χ0) is 14.4. The van der Waals surface area contributed by atoms with Gasteiger partial charge in [-0.05, 0) is 12.8 Å². The van der Waals surface area contributed by atoms with Crippen molar-refractivity contribution in [2.75, 3.05) is 17.7 Å². The first kappa shape index (κ1) is 15.1. The summed E-state index contributed by atoms with van der Waals surface area (Å²) in [6.07, 6.45) is 3.35. The van der Waals surface area contributed by atoms with Crippen LogP contribution in [0.4, 0.5) is 17.3 Å². The third kappa shape index (κ3) is 3.52. The Hall–Kier alpha value is -1.92. The van der Waals surface area contributed by atoms with Crippen LogP contribution < -0.4 is 10.6 Å². The first-order valence-electron chi connectivity index (χ1n) is 6.48. The van der Waals surface area contributed by atoms with Gasteiger partial charge in [-0.15, -0.1) is 0 Å². The molecule has 0 amide bonds. The lowest BCUT2D eigenvalue weighted by atomic mass is 9.95. The van der Waals surface area contributed by atoms with Gasteiger partial charge in [-0.1, -0.05) is 26.7 Å². The molecule has 1 aromatic heterocycles. The highest BCUT2D eigenvalue weighted by Crippen LogP contribution is 2.30. The maximum atomic E-state index is 11.1. The van der Waals surface area contributed by atoms with E-state index in [0.717, 1.165) is 12.8 Å². The summed E-state index contributed by atoms with van der Waals surface area (Å²) in [6, 6.07) is 0.119. The summed E-state index contributed by atoms with van der Waals surface area (Å²) >= 11 is 0. The van der Waals surface area contributed by atoms with Crippen LogP contribution >= 0.6 is 0 Å². The van der Waals surface area contributed by atoms with Gasteiger partial charge in [0.25, 0.3) is 0 Å². The van der Waals surface area contributed by atoms with Crippen LogP contribution in [0.3, 0.4) is 0 Å². The van der Waals surface area contributed by atoms with Crippen LogP contribution in [0.15, 0.2) is 6.33 Å². The van der Waals surface area contributed by atoms with Crippen molar-refractivity contribution in [1.82, 2.24) is 9.97 Å². The summed E-state index contributed by atoms with van der Waals surface area (Å²) in [5.74, 6) is 0.940. The van der Waals surface area contributed by atoms with Crippen molar-refractivity contribution in [1.29, 1.82) is 0 Å². The summed E-state index contributed by atoms with van der Waals surface area (Å²) in [7, 11) is 1.60. The molecule has 0 aliphatic rings. The van der Waals surface area contributed by atoms with E-state index in [1.54, 1.807) is 7.05 Å². The highest BCUT2D eigenvalue weighted by molar-refractivity contribution is 5.69. The molecule has 0 bridgehead atoms. The van der Waals surface area contributed by atoms with Crippen molar-refractivity contribution in [3.8, 4) is 0 Å². The van der Waals surface area contributed by atoms with Crippen LogP contribution in [-0.2, 0) is 0 Å². The summed E-state index contributed by atoms with van der Waals surface area (Å²) in [6.45, 7) is 6.24. The molecule has 0 saturated heterocycles. The fourth-order valence-corrected chi connectivity index (χ4v) is 2.17. The smallest absolute Gasteiger partial charge is 0.353 e. The molecule has 0 fully saturated rings. The monoisotopic (exact) mass is 267 g/mol. The summed E-state index contributed by atoms with van der Waals surface area (Å²) < 4.78 is 0. The Bertz CT molecular complexity index is 434. The molecule has 1 aromatic rings. The van der Waals surface area contributed by atoms with Crippen LogP contribution in [0, 0.1) is 16.0 Å². The third-order valence-electron chi connectivity index (χ3n) is 3.36. The standard InChI is InChI=1S/C12H21N5O2/c1-5-9(6-2)8(3)16-12-10(17(18)19)11(13-4)14-7-15-12/h7-9H,5-6H2,1-4H3,(H2,13,14,15,16). The van der Waals surface area contributed by atoms with Gasteiger partial charge < -0.3 is 10.6 Å². The van der Waals surface area contributed by atoms with Gasteiger partial charge in [-0.25, -0.2) is 9.97 Å². The largest absolute Gasteiger partial charge is 0.367 e. The van der Waals surface area contributed by atoms with E-state index in [9.17, 15) is 10.1 Å². The Labute approximate surface area is 113 Å². The van der Waals surface area contributed by atoms with Gasteiger partial charge in [0.05, 0.1) is 4.92 Å². The molecule has 0 radical (unpaired) electrons. The molecular weight excluding hydrogens is 246 g/mol. The number of nitrogens with one attached hydrogen (secondary N) is 2. The maximum Gasteiger partial charge on any atom is 0.353 e.